The summed E-state index contributed by atoms with van der Waals surface area (Å²) in [5, 5.41) is 2.04. The minimum Gasteiger partial charge on any atom is -0.356 e. The van der Waals surface area contributed by atoms with Gasteiger partial charge in [0.15, 0.2) is 0 Å². The number of nitrogens with one attached hydrogen (secondary N) is 1. The van der Waals surface area contributed by atoms with Crippen LogP contribution < -0.4 is 5.32 Å². The average Bonchev–Trinajstić information content (AvgIpc) is 2.17. The standard InChI is InChI=1S/C9H17NO4S/c1-2-10-9(11)7-3-5-8(6-4-7)15(12,13)14/h7-8H,2-6H2,1H3,(H,10,11)(H,12,13,14). The molecular weight excluding hydrogens is 218 g/mol. The van der Waals surface area contributed by atoms with Gasteiger partial charge in [-0.3, -0.25) is 9.35 Å². The molecule has 0 aromatic rings. The van der Waals surface area contributed by atoms with Crippen LogP contribution in [0.15, 0.2) is 0 Å². The fraction of sp³-hybridized carbons (Fsp3) is 0.889. The zero-order valence-corrected chi connectivity index (χ0v) is 9.59. The molecular formula is C9H17NO4S. The van der Waals surface area contributed by atoms with Crippen LogP contribution >= 0.6 is 0 Å². The van der Waals surface area contributed by atoms with Crippen LogP contribution in [0.1, 0.15) is 32.6 Å². The van der Waals surface area contributed by atoms with E-state index in [1.54, 1.807) is 0 Å². The number of carbonyl (C=O) groups is 1. The second-order valence-corrected chi connectivity index (χ2v) is 5.58. The minimum absolute atomic E-state index is 0.00807. The number of hydrogen-bond donors (Lipinski definition) is 2. The van der Waals surface area contributed by atoms with Gasteiger partial charge in [-0.15, -0.1) is 0 Å². The van der Waals surface area contributed by atoms with Crippen molar-refractivity contribution in [1.82, 2.24) is 5.32 Å². The molecule has 15 heavy (non-hydrogen) atoms. The summed E-state index contributed by atoms with van der Waals surface area (Å²) in [6.45, 7) is 2.44. The highest BCUT2D eigenvalue weighted by molar-refractivity contribution is 7.86. The van der Waals surface area contributed by atoms with Crippen LogP contribution in [0, 0.1) is 5.92 Å². The van der Waals surface area contributed by atoms with Crippen LogP contribution in [-0.2, 0) is 14.9 Å². The van der Waals surface area contributed by atoms with E-state index in [-0.39, 0.29) is 11.8 Å². The maximum Gasteiger partial charge on any atom is 0.267 e. The van der Waals surface area contributed by atoms with E-state index in [9.17, 15) is 13.2 Å². The minimum atomic E-state index is -3.92. The molecule has 0 heterocycles. The van der Waals surface area contributed by atoms with Crippen molar-refractivity contribution in [3.8, 4) is 0 Å². The molecule has 1 amide bonds. The van der Waals surface area contributed by atoms with E-state index in [1.807, 2.05) is 6.92 Å². The lowest BCUT2D eigenvalue weighted by molar-refractivity contribution is -0.125. The Balaban J connectivity index is 2.46. The second kappa shape index (κ2) is 4.94. The van der Waals surface area contributed by atoms with Crippen LogP contribution in [0.5, 0.6) is 0 Å². The molecule has 0 saturated heterocycles. The van der Waals surface area contributed by atoms with Crippen molar-refractivity contribution in [2.45, 2.75) is 37.9 Å². The van der Waals surface area contributed by atoms with Gasteiger partial charge in [0.05, 0.1) is 5.25 Å². The SMILES string of the molecule is CCNC(=O)C1CCC(S(=O)(=O)O)CC1. The lowest BCUT2D eigenvalue weighted by Crippen LogP contribution is -2.35. The van der Waals surface area contributed by atoms with Gasteiger partial charge in [0.2, 0.25) is 5.91 Å². The van der Waals surface area contributed by atoms with Gasteiger partial charge in [-0.2, -0.15) is 8.42 Å². The third-order valence-electron chi connectivity index (χ3n) is 2.82. The molecule has 0 aromatic carbocycles. The molecule has 1 fully saturated rings. The summed E-state index contributed by atoms with van der Waals surface area (Å²) in [6, 6.07) is 0. The van der Waals surface area contributed by atoms with Gasteiger partial charge in [-0.25, -0.2) is 0 Å². The van der Waals surface area contributed by atoms with Crippen LogP contribution in [0.4, 0.5) is 0 Å². The van der Waals surface area contributed by atoms with Gasteiger partial charge in [0.25, 0.3) is 10.1 Å². The maximum atomic E-state index is 11.4. The maximum absolute atomic E-state index is 11.4. The van der Waals surface area contributed by atoms with E-state index < -0.39 is 15.4 Å². The van der Waals surface area contributed by atoms with Crippen molar-refractivity contribution < 1.29 is 17.8 Å². The van der Waals surface area contributed by atoms with E-state index in [0.717, 1.165) is 0 Å². The van der Waals surface area contributed by atoms with Crippen molar-refractivity contribution in [2.75, 3.05) is 6.54 Å². The summed E-state index contributed by atoms with van der Waals surface area (Å²) in [7, 11) is -3.92. The summed E-state index contributed by atoms with van der Waals surface area (Å²) in [4.78, 5) is 11.4. The first-order valence-electron chi connectivity index (χ1n) is 5.19. The highest BCUT2D eigenvalue weighted by atomic mass is 32.2. The normalized spacial score (nSPS) is 27.3. The molecule has 0 unspecified atom stereocenters. The topological polar surface area (TPSA) is 83.5 Å². The van der Waals surface area contributed by atoms with Crippen molar-refractivity contribution in [2.24, 2.45) is 5.92 Å². The first kappa shape index (κ1) is 12.4. The van der Waals surface area contributed by atoms with E-state index in [4.69, 9.17) is 4.55 Å². The Morgan fingerprint density at radius 2 is 1.87 bits per heavy atom. The van der Waals surface area contributed by atoms with E-state index in [0.29, 0.717) is 32.2 Å². The summed E-state index contributed by atoms with van der Waals surface area (Å²) in [5.74, 6) is -0.103. The molecule has 5 nitrogen and oxygen atoms in total. The summed E-state index contributed by atoms with van der Waals surface area (Å²) in [5.41, 5.74) is 0. The summed E-state index contributed by atoms with van der Waals surface area (Å²) in [6.07, 6.45) is 1.83. The molecule has 0 atom stereocenters. The molecule has 6 heteroatoms. The Labute approximate surface area is 90.0 Å². The van der Waals surface area contributed by atoms with Crippen LogP contribution in [-0.4, -0.2) is 30.7 Å². The van der Waals surface area contributed by atoms with E-state index in [2.05, 4.69) is 5.32 Å². The number of amides is 1. The van der Waals surface area contributed by atoms with Crippen LogP contribution in [0.2, 0.25) is 0 Å². The van der Waals surface area contributed by atoms with Crippen molar-refractivity contribution in [3.63, 3.8) is 0 Å². The summed E-state index contributed by atoms with van der Waals surface area (Å²) < 4.78 is 30.5. The predicted molar refractivity (Wildman–Crippen MR) is 56.0 cm³/mol. The molecule has 1 aliphatic rings. The largest absolute Gasteiger partial charge is 0.356 e. The third kappa shape index (κ3) is 3.46. The lowest BCUT2D eigenvalue weighted by Gasteiger charge is -2.25. The fourth-order valence-corrected chi connectivity index (χ4v) is 2.81. The Hall–Kier alpha value is -0.620. The van der Waals surface area contributed by atoms with Gasteiger partial charge in [-0.05, 0) is 32.6 Å². The van der Waals surface area contributed by atoms with E-state index in [1.165, 1.54) is 0 Å². The number of carbonyl (C=O) groups excluding carboxylic acids is 1. The average molecular weight is 235 g/mol. The van der Waals surface area contributed by atoms with Gasteiger partial charge >= 0.3 is 0 Å². The van der Waals surface area contributed by atoms with Gasteiger partial charge in [0.1, 0.15) is 0 Å². The zero-order valence-electron chi connectivity index (χ0n) is 8.77. The molecule has 1 saturated carbocycles. The van der Waals surface area contributed by atoms with Gasteiger partial charge in [0, 0.05) is 12.5 Å². The fourth-order valence-electron chi connectivity index (χ4n) is 1.94. The van der Waals surface area contributed by atoms with E-state index >= 15 is 0 Å². The smallest absolute Gasteiger partial charge is 0.267 e. The zero-order chi connectivity index (χ0) is 11.5. The first-order valence-corrected chi connectivity index (χ1v) is 6.69. The molecule has 0 aromatic heterocycles. The van der Waals surface area contributed by atoms with Crippen molar-refractivity contribution >= 4 is 16.0 Å². The number of hydrogen-bond acceptors (Lipinski definition) is 3. The second-order valence-electron chi connectivity index (χ2n) is 3.88. The van der Waals surface area contributed by atoms with Gasteiger partial charge in [-0.1, -0.05) is 0 Å². The van der Waals surface area contributed by atoms with Crippen LogP contribution in [0.25, 0.3) is 0 Å². The van der Waals surface area contributed by atoms with Crippen LogP contribution in [0.3, 0.4) is 0 Å². The molecule has 0 spiro atoms. The molecule has 1 aliphatic carbocycles. The van der Waals surface area contributed by atoms with Crippen molar-refractivity contribution in [1.29, 1.82) is 0 Å². The quantitative estimate of drug-likeness (QED) is 0.700. The Morgan fingerprint density at radius 1 is 1.33 bits per heavy atom. The van der Waals surface area contributed by atoms with Gasteiger partial charge < -0.3 is 5.32 Å². The number of rotatable bonds is 3. The first-order chi connectivity index (χ1) is 6.95. The third-order valence-corrected chi connectivity index (χ3v) is 4.13. The Bertz CT molecular complexity index is 317. The Morgan fingerprint density at radius 3 is 2.27 bits per heavy atom. The highest BCUT2D eigenvalue weighted by Gasteiger charge is 2.31. The molecule has 0 bridgehead atoms. The van der Waals surface area contributed by atoms with Crippen molar-refractivity contribution in [3.05, 3.63) is 0 Å². The Kier molecular flexibility index (Phi) is 4.10. The predicted octanol–water partition coefficient (Wildman–Crippen LogP) is 0.569. The highest BCUT2D eigenvalue weighted by Crippen LogP contribution is 2.28. The molecule has 0 radical (unpaired) electrons. The monoisotopic (exact) mass is 235 g/mol. The molecule has 88 valence electrons. The molecule has 0 aliphatic heterocycles. The summed E-state index contributed by atoms with van der Waals surface area (Å²) >= 11 is 0. The molecule has 2 N–H and O–H groups in total. The molecule has 1 rings (SSSR count). The lowest BCUT2D eigenvalue weighted by atomic mass is 9.88.